The van der Waals surface area contributed by atoms with Crippen molar-refractivity contribution >= 4 is 21.6 Å². The fraction of sp³-hybridized carbons (Fsp3) is 0. The van der Waals surface area contributed by atoms with Crippen LogP contribution in [-0.2, 0) is 0 Å². The molecule has 2 N–H and O–H groups in total. The Morgan fingerprint density at radius 3 is 2.80 bits per heavy atom. The van der Waals surface area contributed by atoms with Gasteiger partial charge < -0.3 is 5.73 Å². The first-order valence-corrected chi connectivity index (χ1v) is 5.00. The summed E-state index contributed by atoms with van der Waals surface area (Å²) in [5, 5.41) is 12.8. The number of hydrogen-bond acceptors (Lipinski definition) is 3. The quantitative estimate of drug-likeness (QED) is 0.801. The van der Waals surface area contributed by atoms with E-state index in [9.17, 15) is 0 Å². The second-order valence-corrected chi connectivity index (χ2v) is 3.90. The summed E-state index contributed by atoms with van der Waals surface area (Å²) in [5.41, 5.74) is 7.65. The number of nitrogen functional groups attached to an aromatic ring is 1. The van der Waals surface area contributed by atoms with Crippen molar-refractivity contribution in [1.82, 2.24) is 9.78 Å². The number of nitriles is 1. The number of benzene rings is 1. The summed E-state index contributed by atoms with van der Waals surface area (Å²) in [7, 11) is 0. The van der Waals surface area contributed by atoms with Crippen LogP contribution in [-0.4, -0.2) is 9.78 Å². The highest BCUT2D eigenvalue weighted by atomic mass is 79.9. The predicted molar refractivity (Wildman–Crippen MR) is 60.4 cm³/mol. The number of hydrogen-bond donors (Lipinski definition) is 1. The van der Waals surface area contributed by atoms with E-state index in [1.54, 1.807) is 35.3 Å². The van der Waals surface area contributed by atoms with Gasteiger partial charge in [0.1, 0.15) is 0 Å². The van der Waals surface area contributed by atoms with Crippen LogP contribution in [0.3, 0.4) is 0 Å². The number of halogens is 1. The molecular weight excluding hydrogens is 256 g/mol. The van der Waals surface area contributed by atoms with Crippen LogP contribution in [0.4, 0.5) is 5.69 Å². The Labute approximate surface area is 95.1 Å². The monoisotopic (exact) mass is 262 g/mol. The van der Waals surface area contributed by atoms with E-state index < -0.39 is 0 Å². The minimum Gasteiger partial charge on any atom is -0.397 e. The van der Waals surface area contributed by atoms with Crippen molar-refractivity contribution in [3.05, 3.63) is 40.6 Å². The van der Waals surface area contributed by atoms with E-state index in [1.807, 2.05) is 6.07 Å². The molecule has 0 saturated heterocycles. The highest BCUT2D eigenvalue weighted by molar-refractivity contribution is 9.10. The summed E-state index contributed by atoms with van der Waals surface area (Å²) < 4.78 is 2.53. The van der Waals surface area contributed by atoms with Gasteiger partial charge in [-0.15, -0.1) is 0 Å². The van der Waals surface area contributed by atoms with E-state index in [0.717, 1.165) is 10.2 Å². The lowest BCUT2D eigenvalue weighted by molar-refractivity contribution is 0.882. The van der Waals surface area contributed by atoms with Crippen LogP contribution in [0, 0.1) is 11.3 Å². The molecule has 1 aromatic heterocycles. The molecule has 0 radical (unpaired) electrons. The van der Waals surface area contributed by atoms with Crippen molar-refractivity contribution in [1.29, 1.82) is 5.26 Å². The fourth-order valence-electron chi connectivity index (χ4n) is 1.27. The molecule has 0 aliphatic carbocycles. The third-order valence-electron chi connectivity index (χ3n) is 1.95. The molecule has 0 aliphatic rings. The summed E-state index contributed by atoms with van der Waals surface area (Å²) in [4.78, 5) is 0. The summed E-state index contributed by atoms with van der Waals surface area (Å²) in [6.07, 6.45) is 3.48. The SMILES string of the molecule is N#Cc1ccc(-n2cc(Br)cn2)c(N)c1. The molecular formula is C10H7BrN4. The van der Waals surface area contributed by atoms with E-state index in [4.69, 9.17) is 11.0 Å². The van der Waals surface area contributed by atoms with E-state index in [-0.39, 0.29) is 0 Å². The topological polar surface area (TPSA) is 67.6 Å². The van der Waals surface area contributed by atoms with Gasteiger partial charge in [-0.1, -0.05) is 0 Å². The summed E-state index contributed by atoms with van der Waals surface area (Å²) in [5.74, 6) is 0. The maximum Gasteiger partial charge on any atom is 0.0992 e. The van der Waals surface area contributed by atoms with Crippen LogP contribution < -0.4 is 5.73 Å². The van der Waals surface area contributed by atoms with Crippen LogP contribution in [0.1, 0.15) is 5.56 Å². The summed E-state index contributed by atoms with van der Waals surface area (Å²) >= 11 is 3.31. The zero-order valence-corrected chi connectivity index (χ0v) is 9.27. The van der Waals surface area contributed by atoms with Gasteiger partial charge in [0.15, 0.2) is 0 Å². The van der Waals surface area contributed by atoms with E-state index in [0.29, 0.717) is 11.3 Å². The zero-order chi connectivity index (χ0) is 10.8. The van der Waals surface area contributed by atoms with Crippen molar-refractivity contribution in [3.8, 4) is 11.8 Å². The lowest BCUT2D eigenvalue weighted by Crippen LogP contribution is -2.00. The number of nitrogens with zero attached hydrogens (tertiary/aromatic N) is 3. The Morgan fingerprint density at radius 1 is 1.47 bits per heavy atom. The standard InChI is InChI=1S/C10H7BrN4/c11-8-5-14-15(6-8)10-2-1-7(4-12)3-9(10)13/h1-3,5-6H,13H2. The predicted octanol–water partition coefficient (Wildman–Crippen LogP) is 2.09. The maximum atomic E-state index is 8.69. The number of anilines is 1. The Kier molecular flexibility index (Phi) is 2.44. The van der Waals surface area contributed by atoms with Crippen LogP contribution in [0.5, 0.6) is 0 Å². The molecule has 0 unspecified atom stereocenters. The molecule has 0 atom stereocenters. The highest BCUT2D eigenvalue weighted by Crippen LogP contribution is 2.19. The molecule has 0 spiro atoms. The van der Waals surface area contributed by atoms with Gasteiger partial charge in [-0.2, -0.15) is 10.4 Å². The molecule has 4 nitrogen and oxygen atoms in total. The number of aromatic nitrogens is 2. The Morgan fingerprint density at radius 2 is 2.27 bits per heavy atom. The van der Waals surface area contributed by atoms with Crippen molar-refractivity contribution in [3.63, 3.8) is 0 Å². The minimum atomic E-state index is 0.532. The third-order valence-corrected chi connectivity index (χ3v) is 2.36. The average molecular weight is 263 g/mol. The first-order valence-electron chi connectivity index (χ1n) is 4.21. The Balaban J connectivity index is 2.51. The molecule has 0 amide bonds. The molecule has 5 heteroatoms. The molecule has 15 heavy (non-hydrogen) atoms. The molecule has 2 rings (SSSR count). The largest absolute Gasteiger partial charge is 0.397 e. The van der Waals surface area contributed by atoms with Crippen molar-refractivity contribution in [2.75, 3.05) is 5.73 Å². The minimum absolute atomic E-state index is 0.532. The second kappa shape index (κ2) is 3.75. The fourth-order valence-corrected chi connectivity index (χ4v) is 1.55. The van der Waals surface area contributed by atoms with E-state index in [2.05, 4.69) is 21.0 Å². The van der Waals surface area contributed by atoms with Gasteiger partial charge in [-0.3, -0.25) is 0 Å². The third kappa shape index (κ3) is 1.85. The summed E-state index contributed by atoms with van der Waals surface area (Å²) in [6, 6.07) is 7.14. The van der Waals surface area contributed by atoms with Crippen molar-refractivity contribution < 1.29 is 0 Å². The lowest BCUT2D eigenvalue weighted by atomic mass is 10.2. The molecule has 0 saturated carbocycles. The van der Waals surface area contributed by atoms with Gasteiger partial charge in [0.25, 0.3) is 0 Å². The van der Waals surface area contributed by atoms with Crippen LogP contribution in [0.25, 0.3) is 5.69 Å². The molecule has 0 bridgehead atoms. The summed E-state index contributed by atoms with van der Waals surface area (Å²) in [6.45, 7) is 0. The Hall–Kier alpha value is -1.80. The van der Waals surface area contributed by atoms with E-state index >= 15 is 0 Å². The molecule has 74 valence electrons. The molecule has 1 aromatic carbocycles. The zero-order valence-electron chi connectivity index (χ0n) is 7.68. The first kappa shape index (κ1) is 9.74. The van der Waals surface area contributed by atoms with Crippen molar-refractivity contribution in [2.24, 2.45) is 0 Å². The van der Waals surface area contributed by atoms with Gasteiger partial charge in [0, 0.05) is 6.20 Å². The lowest BCUT2D eigenvalue weighted by Gasteiger charge is -2.04. The van der Waals surface area contributed by atoms with Crippen LogP contribution >= 0.6 is 15.9 Å². The molecule has 1 heterocycles. The molecule has 0 aliphatic heterocycles. The van der Waals surface area contributed by atoms with Crippen molar-refractivity contribution in [2.45, 2.75) is 0 Å². The van der Waals surface area contributed by atoms with Crippen LogP contribution in [0.15, 0.2) is 35.1 Å². The second-order valence-electron chi connectivity index (χ2n) is 2.99. The molecule has 0 fully saturated rings. The number of rotatable bonds is 1. The van der Waals surface area contributed by atoms with Gasteiger partial charge >= 0.3 is 0 Å². The smallest absolute Gasteiger partial charge is 0.0992 e. The van der Waals surface area contributed by atoms with Crippen LogP contribution in [0.2, 0.25) is 0 Å². The highest BCUT2D eigenvalue weighted by Gasteiger charge is 2.04. The number of nitrogens with two attached hydrogens (primary N) is 1. The van der Waals surface area contributed by atoms with Gasteiger partial charge in [0.05, 0.1) is 33.7 Å². The molecule has 2 aromatic rings. The Bertz CT molecular complexity index is 539. The van der Waals surface area contributed by atoms with Gasteiger partial charge in [-0.25, -0.2) is 4.68 Å². The first-order chi connectivity index (χ1) is 7.20. The maximum absolute atomic E-state index is 8.69. The normalized spacial score (nSPS) is 9.87. The van der Waals surface area contributed by atoms with Gasteiger partial charge in [-0.05, 0) is 34.1 Å². The average Bonchev–Trinajstić information content (AvgIpc) is 2.64. The van der Waals surface area contributed by atoms with E-state index in [1.165, 1.54) is 0 Å². The van der Waals surface area contributed by atoms with Gasteiger partial charge in [0.2, 0.25) is 0 Å².